The van der Waals surface area contributed by atoms with Crippen molar-refractivity contribution in [2.24, 2.45) is 5.92 Å². The van der Waals surface area contributed by atoms with E-state index in [2.05, 4.69) is 15.2 Å². The first-order valence-electron chi connectivity index (χ1n) is 9.71. The van der Waals surface area contributed by atoms with Crippen molar-refractivity contribution in [2.45, 2.75) is 44.2 Å². The van der Waals surface area contributed by atoms with Crippen molar-refractivity contribution in [1.29, 1.82) is 0 Å². The zero-order valence-electron chi connectivity index (χ0n) is 15.3. The number of fused-ring (bicyclic) bond motifs is 1. The molecule has 1 saturated carbocycles. The number of hydrogen-bond acceptors (Lipinski definition) is 4. The summed E-state index contributed by atoms with van der Waals surface area (Å²) in [4.78, 5) is 30.6. The van der Waals surface area contributed by atoms with Crippen LogP contribution in [0, 0.1) is 5.92 Å². The van der Waals surface area contributed by atoms with Gasteiger partial charge in [-0.25, -0.2) is 0 Å². The molecule has 142 valence electrons. The van der Waals surface area contributed by atoms with E-state index in [0.717, 1.165) is 24.8 Å². The van der Waals surface area contributed by atoms with Gasteiger partial charge < -0.3 is 10.4 Å². The molecule has 0 spiro atoms. The molecule has 1 aliphatic carbocycles. The van der Waals surface area contributed by atoms with Gasteiger partial charge in [0.2, 0.25) is 0 Å². The Bertz CT molecular complexity index is 844. The number of amides is 1. The van der Waals surface area contributed by atoms with Gasteiger partial charge in [0, 0.05) is 36.8 Å². The first-order chi connectivity index (χ1) is 13.1. The molecule has 0 unspecified atom stereocenters. The molecule has 1 aromatic heterocycles. The number of benzene rings is 1. The van der Waals surface area contributed by atoms with Crippen LogP contribution in [0.25, 0.3) is 10.9 Å². The number of aromatic nitrogens is 1. The standard InChI is InChI=1S/C21H25N3O3/c25-19(26)11-16-8-9-17(24(16)13-14-6-7-14)12-23-21(27)18-5-1-3-15-4-2-10-22-20(15)18/h1-5,10,14,16-17H,6-9,11-13H2,(H,23,27)(H,25,26)/t16-,17+/m1/s1. The van der Waals surface area contributed by atoms with Gasteiger partial charge in [0.1, 0.15) is 0 Å². The number of likely N-dealkylation sites (tertiary alicyclic amines) is 1. The lowest BCUT2D eigenvalue weighted by atomic mass is 10.1. The molecule has 6 heteroatoms. The summed E-state index contributed by atoms with van der Waals surface area (Å²) in [5, 5.41) is 13.2. The summed E-state index contributed by atoms with van der Waals surface area (Å²) in [5.74, 6) is -0.167. The highest BCUT2D eigenvalue weighted by molar-refractivity contribution is 6.05. The summed E-state index contributed by atoms with van der Waals surface area (Å²) < 4.78 is 0. The SMILES string of the molecule is O=C(O)C[C@H]1CC[C@@H](CNC(=O)c2cccc3cccnc23)N1CC1CC1. The number of nitrogens with zero attached hydrogens (tertiary/aromatic N) is 2. The third-order valence-electron chi connectivity index (χ3n) is 5.72. The molecule has 2 atom stereocenters. The smallest absolute Gasteiger partial charge is 0.304 e. The molecular weight excluding hydrogens is 342 g/mol. The Kier molecular flexibility index (Phi) is 5.07. The van der Waals surface area contributed by atoms with Gasteiger partial charge in [-0.1, -0.05) is 18.2 Å². The van der Waals surface area contributed by atoms with Crippen LogP contribution in [-0.4, -0.2) is 52.0 Å². The second-order valence-electron chi connectivity index (χ2n) is 7.71. The number of carboxylic acid groups (broad SMARTS) is 1. The maximum atomic E-state index is 12.8. The fourth-order valence-electron chi connectivity index (χ4n) is 4.14. The highest BCUT2D eigenvalue weighted by Crippen LogP contribution is 2.35. The quantitative estimate of drug-likeness (QED) is 0.786. The molecule has 27 heavy (non-hydrogen) atoms. The summed E-state index contributed by atoms with van der Waals surface area (Å²) >= 11 is 0. The predicted molar refractivity (Wildman–Crippen MR) is 103 cm³/mol. The van der Waals surface area contributed by atoms with Crippen LogP contribution < -0.4 is 5.32 Å². The maximum Gasteiger partial charge on any atom is 0.304 e. The van der Waals surface area contributed by atoms with Gasteiger partial charge in [0.05, 0.1) is 17.5 Å². The van der Waals surface area contributed by atoms with Gasteiger partial charge in [-0.2, -0.15) is 0 Å². The molecule has 1 aromatic carbocycles. The van der Waals surface area contributed by atoms with Gasteiger partial charge in [-0.05, 0) is 43.7 Å². The van der Waals surface area contributed by atoms with E-state index in [0.29, 0.717) is 23.5 Å². The van der Waals surface area contributed by atoms with Gasteiger partial charge in [0.25, 0.3) is 5.91 Å². The molecule has 2 aromatic rings. The molecule has 2 aliphatic rings. The Morgan fingerprint density at radius 3 is 2.67 bits per heavy atom. The number of pyridine rings is 1. The molecule has 2 fully saturated rings. The van der Waals surface area contributed by atoms with Crippen LogP contribution >= 0.6 is 0 Å². The number of hydrogen-bond donors (Lipinski definition) is 2. The van der Waals surface area contributed by atoms with E-state index in [1.807, 2.05) is 24.3 Å². The number of para-hydroxylation sites is 1. The number of carboxylic acids is 1. The topological polar surface area (TPSA) is 82.5 Å². The van der Waals surface area contributed by atoms with Crippen molar-refractivity contribution in [1.82, 2.24) is 15.2 Å². The van der Waals surface area contributed by atoms with Crippen molar-refractivity contribution in [2.75, 3.05) is 13.1 Å². The Morgan fingerprint density at radius 2 is 1.89 bits per heavy atom. The van der Waals surface area contributed by atoms with Gasteiger partial charge in [-0.3, -0.25) is 19.5 Å². The zero-order valence-corrected chi connectivity index (χ0v) is 15.3. The van der Waals surface area contributed by atoms with Crippen LogP contribution in [0.2, 0.25) is 0 Å². The van der Waals surface area contributed by atoms with E-state index < -0.39 is 5.97 Å². The summed E-state index contributed by atoms with van der Waals surface area (Å²) in [6.45, 7) is 1.50. The molecule has 2 N–H and O–H groups in total. The van der Waals surface area contributed by atoms with Gasteiger partial charge >= 0.3 is 5.97 Å². The Hall–Kier alpha value is -2.47. The Balaban J connectivity index is 1.43. The largest absolute Gasteiger partial charge is 0.481 e. The summed E-state index contributed by atoms with van der Waals surface area (Å²) in [6.07, 6.45) is 6.16. The highest BCUT2D eigenvalue weighted by Gasteiger charge is 2.38. The summed E-state index contributed by atoms with van der Waals surface area (Å²) in [5.41, 5.74) is 1.30. The lowest BCUT2D eigenvalue weighted by Crippen LogP contribution is -2.44. The molecular formula is C21H25N3O3. The number of aliphatic carboxylic acids is 1. The van der Waals surface area contributed by atoms with Crippen molar-refractivity contribution >= 4 is 22.8 Å². The lowest BCUT2D eigenvalue weighted by molar-refractivity contribution is -0.138. The second-order valence-corrected chi connectivity index (χ2v) is 7.71. The molecule has 1 aliphatic heterocycles. The second kappa shape index (κ2) is 7.64. The molecule has 0 radical (unpaired) electrons. The normalized spacial score (nSPS) is 22.8. The molecule has 6 nitrogen and oxygen atoms in total. The fourth-order valence-corrected chi connectivity index (χ4v) is 4.14. The van der Waals surface area contributed by atoms with Crippen LogP contribution in [0.3, 0.4) is 0 Å². The molecule has 0 bridgehead atoms. The fraction of sp³-hybridized carbons (Fsp3) is 0.476. The van der Waals surface area contributed by atoms with Crippen molar-refractivity contribution < 1.29 is 14.7 Å². The summed E-state index contributed by atoms with van der Waals surface area (Å²) in [7, 11) is 0. The number of carbonyl (C=O) groups is 2. The van der Waals surface area contributed by atoms with Crippen LogP contribution in [0.15, 0.2) is 36.5 Å². The van der Waals surface area contributed by atoms with Gasteiger partial charge in [-0.15, -0.1) is 0 Å². The Labute approximate surface area is 158 Å². The Morgan fingerprint density at radius 1 is 1.11 bits per heavy atom. The van der Waals surface area contributed by atoms with Crippen LogP contribution in [0.1, 0.15) is 42.5 Å². The molecule has 4 rings (SSSR count). The monoisotopic (exact) mass is 367 g/mol. The average Bonchev–Trinajstić information content (AvgIpc) is 3.41. The molecule has 1 amide bonds. The highest BCUT2D eigenvalue weighted by atomic mass is 16.4. The molecule has 1 saturated heterocycles. The first-order valence-corrected chi connectivity index (χ1v) is 9.71. The lowest BCUT2D eigenvalue weighted by Gasteiger charge is -2.29. The van der Waals surface area contributed by atoms with E-state index >= 15 is 0 Å². The minimum absolute atomic E-state index is 0.0872. The first kappa shape index (κ1) is 17.9. The third-order valence-corrected chi connectivity index (χ3v) is 5.72. The number of nitrogens with one attached hydrogen (secondary N) is 1. The number of rotatable bonds is 7. The predicted octanol–water partition coefficient (Wildman–Crippen LogP) is 2.68. The average molecular weight is 367 g/mol. The van der Waals surface area contributed by atoms with E-state index in [9.17, 15) is 14.7 Å². The van der Waals surface area contributed by atoms with E-state index in [1.165, 1.54) is 12.8 Å². The number of carbonyl (C=O) groups excluding carboxylic acids is 1. The minimum Gasteiger partial charge on any atom is -0.481 e. The third kappa shape index (κ3) is 4.11. The summed E-state index contributed by atoms with van der Waals surface area (Å²) in [6, 6.07) is 9.73. The molecule has 2 heterocycles. The van der Waals surface area contributed by atoms with Crippen molar-refractivity contribution in [3.63, 3.8) is 0 Å². The van der Waals surface area contributed by atoms with Crippen molar-refractivity contribution in [3.8, 4) is 0 Å². The minimum atomic E-state index is -0.743. The zero-order chi connectivity index (χ0) is 18.8. The van der Waals surface area contributed by atoms with E-state index in [4.69, 9.17) is 0 Å². The van der Waals surface area contributed by atoms with Crippen LogP contribution in [-0.2, 0) is 4.79 Å². The van der Waals surface area contributed by atoms with E-state index in [-0.39, 0.29) is 24.4 Å². The van der Waals surface area contributed by atoms with Crippen LogP contribution in [0.5, 0.6) is 0 Å². The van der Waals surface area contributed by atoms with Crippen molar-refractivity contribution in [3.05, 3.63) is 42.1 Å². The van der Waals surface area contributed by atoms with Gasteiger partial charge in [0.15, 0.2) is 0 Å². The maximum absolute atomic E-state index is 12.8. The van der Waals surface area contributed by atoms with E-state index in [1.54, 1.807) is 12.3 Å². The van der Waals surface area contributed by atoms with Crippen LogP contribution in [0.4, 0.5) is 0 Å².